The maximum atomic E-state index is 12.4. The van der Waals surface area contributed by atoms with Crippen LogP contribution in [0.5, 0.6) is 0 Å². The first-order valence-corrected chi connectivity index (χ1v) is 7.45. The first kappa shape index (κ1) is 16.3. The molecular formula is C13H17NO5S. The van der Waals surface area contributed by atoms with Crippen molar-refractivity contribution in [2.24, 2.45) is 0 Å². The van der Waals surface area contributed by atoms with Crippen LogP contribution >= 0.6 is 0 Å². The fourth-order valence-electron chi connectivity index (χ4n) is 1.68. The summed E-state index contributed by atoms with van der Waals surface area (Å²) in [6.07, 6.45) is 0. The number of ketones is 1. The van der Waals surface area contributed by atoms with E-state index < -0.39 is 28.6 Å². The van der Waals surface area contributed by atoms with Crippen molar-refractivity contribution < 1.29 is 23.1 Å². The number of carbonyl (C=O) groups excluding carboxylic acids is 1. The van der Waals surface area contributed by atoms with E-state index in [0.717, 1.165) is 4.31 Å². The first-order valence-electron chi connectivity index (χ1n) is 6.01. The molecule has 0 bridgehead atoms. The Morgan fingerprint density at radius 1 is 1.20 bits per heavy atom. The van der Waals surface area contributed by atoms with Crippen molar-refractivity contribution in [2.75, 3.05) is 6.54 Å². The van der Waals surface area contributed by atoms with Crippen molar-refractivity contribution >= 4 is 21.8 Å². The molecule has 6 nitrogen and oxygen atoms in total. The summed E-state index contributed by atoms with van der Waals surface area (Å²) in [5.41, 5.74) is 0.401. The molecule has 0 atom stereocenters. The molecule has 1 rings (SSSR count). The van der Waals surface area contributed by atoms with Crippen LogP contribution in [0.2, 0.25) is 0 Å². The summed E-state index contributed by atoms with van der Waals surface area (Å²) in [6, 6.07) is 4.96. The second kappa shape index (κ2) is 6.15. The lowest BCUT2D eigenvalue weighted by atomic mass is 10.2. The Hall–Kier alpha value is -1.73. The average Bonchev–Trinajstić information content (AvgIpc) is 2.35. The summed E-state index contributed by atoms with van der Waals surface area (Å²) in [5, 5.41) is 8.81. The average molecular weight is 299 g/mol. The van der Waals surface area contributed by atoms with Crippen LogP contribution in [0.4, 0.5) is 0 Å². The number of rotatable bonds is 6. The van der Waals surface area contributed by atoms with Gasteiger partial charge in [0, 0.05) is 11.6 Å². The van der Waals surface area contributed by atoms with Gasteiger partial charge in [-0.05, 0) is 32.9 Å². The summed E-state index contributed by atoms with van der Waals surface area (Å²) < 4.78 is 25.6. The number of hydrogen-bond acceptors (Lipinski definition) is 4. The van der Waals surface area contributed by atoms with Gasteiger partial charge in [-0.2, -0.15) is 4.31 Å². The van der Waals surface area contributed by atoms with Crippen molar-refractivity contribution in [1.29, 1.82) is 0 Å². The third-order valence-corrected chi connectivity index (χ3v) is 4.77. The van der Waals surface area contributed by atoms with Crippen LogP contribution in [-0.2, 0) is 14.8 Å². The monoisotopic (exact) mass is 299 g/mol. The van der Waals surface area contributed by atoms with Crippen LogP contribution in [0.15, 0.2) is 29.2 Å². The largest absolute Gasteiger partial charge is 0.480 e. The summed E-state index contributed by atoms with van der Waals surface area (Å²) in [4.78, 5) is 21.9. The highest BCUT2D eigenvalue weighted by Crippen LogP contribution is 2.18. The molecule has 0 heterocycles. The fourth-order valence-corrected chi connectivity index (χ4v) is 3.26. The van der Waals surface area contributed by atoms with Gasteiger partial charge >= 0.3 is 5.97 Å². The highest BCUT2D eigenvalue weighted by molar-refractivity contribution is 7.89. The molecule has 110 valence electrons. The number of hydrogen-bond donors (Lipinski definition) is 1. The Morgan fingerprint density at radius 3 is 2.05 bits per heavy atom. The second-order valence-electron chi connectivity index (χ2n) is 4.62. The molecule has 0 saturated carbocycles. The molecule has 0 spiro atoms. The van der Waals surface area contributed by atoms with Gasteiger partial charge in [0.05, 0.1) is 4.90 Å². The predicted molar refractivity (Wildman–Crippen MR) is 73.1 cm³/mol. The Kier molecular flexibility index (Phi) is 5.02. The van der Waals surface area contributed by atoms with Gasteiger partial charge in [-0.3, -0.25) is 9.59 Å². The lowest BCUT2D eigenvalue weighted by Crippen LogP contribution is -2.40. The molecule has 0 aromatic heterocycles. The maximum absolute atomic E-state index is 12.4. The molecule has 20 heavy (non-hydrogen) atoms. The molecule has 1 aromatic carbocycles. The van der Waals surface area contributed by atoms with E-state index in [2.05, 4.69) is 0 Å². The van der Waals surface area contributed by atoms with E-state index in [0.29, 0.717) is 5.56 Å². The Balaban J connectivity index is 3.19. The first-order chi connectivity index (χ1) is 9.16. The van der Waals surface area contributed by atoms with Crippen molar-refractivity contribution in [2.45, 2.75) is 31.7 Å². The number of carboxylic acid groups (broad SMARTS) is 1. The third kappa shape index (κ3) is 3.64. The highest BCUT2D eigenvalue weighted by atomic mass is 32.2. The molecule has 0 radical (unpaired) electrons. The van der Waals surface area contributed by atoms with E-state index in [-0.39, 0.29) is 10.7 Å². The summed E-state index contributed by atoms with van der Waals surface area (Å²) in [7, 11) is -3.90. The molecule has 0 aliphatic carbocycles. The molecule has 0 aliphatic heterocycles. The van der Waals surface area contributed by atoms with E-state index in [1.54, 1.807) is 13.8 Å². The van der Waals surface area contributed by atoms with Gasteiger partial charge in [0.15, 0.2) is 5.78 Å². The predicted octanol–water partition coefficient (Wildman–Crippen LogP) is 1.37. The normalized spacial score (nSPS) is 11.8. The van der Waals surface area contributed by atoms with Gasteiger partial charge < -0.3 is 5.11 Å². The molecule has 0 unspecified atom stereocenters. The molecule has 0 fully saturated rings. The highest BCUT2D eigenvalue weighted by Gasteiger charge is 2.28. The van der Waals surface area contributed by atoms with Gasteiger partial charge in [0.2, 0.25) is 10.0 Å². The summed E-state index contributed by atoms with van der Waals surface area (Å²) >= 11 is 0. The molecule has 7 heteroatoms. The standard InChI is InChI=1S/C13H17NO5S/c1-9(2)14(8-13(16)17)20(18,19)12-6-4-11(5-7-12)10(3)15/h4-7,9H,8H2,1-3H3,(H,16,17). The quantitative estimate of drug-likeness (QED) is 0.801. The van der Waals surface area contributed by atoms with E-state index in [4.69, 9.17) is 5.11 Å². The zero-order chi connectivity index (χ0) is 15.5. The van der Waals surface area contributed by atoms with Crippen LogP contribution in [0, 0.1) is 0 Å². The third-order valence-electron chi connectivity index (χ3n) is 2.73. The van der Waals surface area contributed by atoms with Crippen molar-refractivity contribution in [3.05, 3.63) is 29.8 Å². The van der Waals surface area contributed by atoms with Gasteiger partial charge in [-0.25, -0.2) is 8.42 Å². The molecule has 0 amide bonds. The lowest BCUT2D eigenvalue weighted by molar-refractivity contribution is -0.137. The number of sulfonamides is 1. The topological polar surface area (TPSA) is 91.8 Å². The van der Waals surface area contributed by atoms with Gasteiger partial charge in [-0.1, -0.05) is 12.1 Å². The summed E-state index contributed by atoms with van der Waals surface area (Å²) in [5.74, 6) is -1.39. The van der Waals surface area contributed by atoms with E-state index in [1.807, 2.05) is 0 Å². The van der Waals surface area contributed by atoms with Gasteiger partial charge in [0.25, 0.3) is 0 Å². The molecule has 0 aliphatic rings. The smallest absolute Gasteiger partial charge is 0.318 e. The fraction of sp³-hybridized carbons (Fsp3) is 0.385. The van der Waals surface area contributed by atoms with Crippen LogP contribution in [0.25, 0.3) is 0 Å². The minimum atomic E-state index is -3.90. The van der Waals surface area contributed by atoms with Gasteiger partial charge in [0.1, 0.15) is 6.54 Å². The van der Waals surface area contributed by atoms with E-state index in [1.165, 1.54) is 31.2 Å². The molecule has 1 N–H and O–H groups in total. The molecule has 0 saturated heterocycles. The SMILES string of the molecule is CC(=O)c1ccc(S(=O)(=O)N(CC(=O)O)C(C)C)cc1. The van der Waals surface area contributed by atoms with Gasteiger partial charge in [-0.15, -0.1) is 0 Å². The lowest BCUT2D eigenvalue weighted by Gasteiger charge is -2.24. The van der Waals surface area contributed by atoms with Crippen LogP contribution in [0.1, 0.15) is 31.1 Å². The Morgan fingerprint density at radius 2 is 1.70 bits per heavy atom. The molecular weight excluding hydrogens is 282 g/mol. The minimum absolute atomic E-state index is 0.0301. The number of nitrogens with zero attached hydrogens (tertiary/aromatic N) is 1. The zero-order valence-corrected chi connectivity index (χ0v) is 12.3. The number of benzene rings is 1. The van der Waals surface area contributed by atoms with Crippen molar-refractivity contribution in [3.8, 4) is 0 Å². The number of aliphatic carboxylic acids is 1. The summed E-state index contributed by atoms with van der Waals surface area (Å²) in [6.45, 7) is 3.98. The number of carbonyl (C=O) groups is 2. The Labute approximate surface area is 118 Å². The van der Waals surface area contributed by atoms with E-state index >= 15 is 0 Å². The van der Waals surface area contributed by atoms with Crippen molar-refractivity contribution in [1.82, 2.24) is 4.31 Å². The van der Waals surface area contributed by atoms with Crippen LogP contribution in [-0.4, -0.2) is 42.2 Å². The molecule has 1 aromatic rings. The Bertz CT molecular complexity index is 604. The zero-order valence-electron chi connectivity index (χ0n) is 11.5. The minimum Gasteiger partial charge on any atom is -0.480 e. The number of Topliss-reactive ketones (excluding diaryl/α,β-unsaturated/α-hetero) is 1. The maximum Gasteiger partial charge on any atom is 0.318 e. The van der Waals surface area contributed by atoms with Crippen molar-refractivity contribution in [3.63, 3.8) is 0 Å². The second-order valence-corrected chi connectivity index (χ2v) is 6.51. The van der Waals surface area contributed by atoms with Crippen LogP contribution in [0.3, 0.4) is 0 Å². The number of carboxylic acids is 1. The van der Waals surface area contributed by atoms with E-state index in [9.17, 15) is 18.0 Å². The van der Waals surface area contributed by atoms with Crippen LogP contribution < -0.4 is 0 Å².